The number of barbiturate groups is 1. The number of aromatic carboxylic acids is 1. The number of halogens is 1. The van der Waals surface area contributed by atoms with Crippen LogP contribution in [0.4, 0.5) is 14.9 Å². The molecule has 0 bridgehead atoms. The van der Waals surface area contributed by atoms with Crippen LogP contribution in [0.2, 0.25) is 0 Å². The average molecular weight is 434 g/mol. The maximum Gasteiger partial charge on any atom is 0.335 e. The molecule has 0 radical (unpaired) electrons. The van der Waals surface area contributed by atoms with E-state index in [9.17, 15) is 28.7 Å². The molecule has 1 aliphatic rings. The van der Waals surface area contributed by atoms with Crippen LogP contribution in [0.1, 0.15) is 21.7 Å². The van der Waals surface area contributed by atoms with Gasteiger partial charge in [-0.05, 0) is 67.1 Å². The first-order valence-electron chi connectivity index (χ1n) is 9.36. The van der Waals surface area contributed by atoms with Gasteiger partial charge in [-0.25, -0.2) is 18.9 Å². The van der Waals surface area contributed by atoms with Gasteiger partial charge < -0.3 is 9.52 Å². The molecule has 2 heterocycles. The summed E-state index contributed by atoms with van der Waals surface area (Å²) in [5.41, 5.74) is 1.12. The summed E-state index contributed by atoms with van der Waals surface area (Å²) in [7, 11) is 0. The molecule has 4 amide bonds. The summed E-state index contributed by atoms with van der Waals surface area (Å²) in [6.07, 6.45) is 1.18. The molecule has 0 spiro atoms. The van der Waals surface area contributed by atoms with Crippen LogP contribution in [-0.4, -0.2) is 28.9 Å². The molecule has 0 aliphatic carbocycles. The van der Waals surface area contributed by atoms with Gasteiger partial charge in [0, 0.05) is 5.56 Å². The largest absolute Gasteiger partial charge is 0.478 e. The summed E-state index contributed by atoms with van der Waals surface area (Å²) >= 11 is 0. The minimum absolute atomic E-state index is 0.0807. The van der Waals surface area contributed by atoms with Gasteiger partial charge in [-0.1, -0.05) is 6.07 Å². The third-order valence-electron chi connectivity index (χ3n) is 4.85. The zero-order valence-corrected chi connectivity index (χ0v) is 16.6. The van der Waals surface area contributed by atoms with Crippen LogP contribution in [0.5, 0.6) is 0 Å². The van der Waals surface area contributed by atoms with Gasteiger partial charge >= 0.3 is 12.0 Å². The Bertz CT molecular complexity index is 1310. The monoisotopic (exact) mass is 434 g/mol. The first-order chi connectivity index (χ1) is 15.2. The molecule has 2 aromatic carbocycles. The van der Waals surface area contributed by atoms with Gasteiger partial charge in [-0.2, -0.15) is 0 Å². The summed E-state index contributed by atoms with van der Waals surface area (Å²) in [6.45, 7) is 1.78. The standard InChI is InChI=1S/C23H15FN2O6/c1-12-2-3-13(22(29)30)10-17(12)19-9-8-16(32-19)11-18-20(27)25-23(31)26(21(18)28)15-6-4-14(24)5-7-15/h2-11H,1H3,(H,29,30)(H,25,27,31)/b18-11+. The predicted octanol–water partition coefficient (Wildman–Crippen LogP) is 3.76. The number of carboxylic acid groups (broad SMARTS) is 1. The van der Waals surface area contributed by atoms with E-state index < -0.39 is 29.6 Å². The fourth-order valence-electron chi connectivity index (χ4n) is 3.22. The third kappa shape index (κ3) is 3.79. The first kappa shape index (κ1) is 20.7. The van der Waals surface area contributed by atoms with Crippen molar-refractivity contribution in [3.8, 4) is 11.3 Å². The third-order valence-corrected chi connectivity index (χ3v) is 4.85. The minimum atomic E-state index is -1.09. The molecule has 4 rings (SSSR count). The molecule has 9 heteroatoms. The fourth-order valence-corrected chi connectivity index (χ4v) is 3.22. The van der Waals surface area contributed by atoms with E-state index in [-0.39, 0.29) is 22.6 Å². The maximum absolute atomic E-state index is 13.2. The molecule has 8 nitrogen and oxygen atoms in total. The molecule has 32 heavy (non-hydrogen) atoms. The number of rotatable bonds is 4. The van der Waals surface area contributed by atoms with E-state index in [4.69, 9.17) is 4.42 Å². The number of carboxylic acids is 1. The van der Waals surface area contributed by atoms with Crippen LogP contribution < -0.4 is 10.2 Å². The van der Waals surface area contributed by atoms with Gasteiger partial charge in [0.25, 0.3) is 11.8 Å². The maximum atomic E-state index is 13.2. The van der Waals surface area contributed by atoms with E-state index in [2.05, 4.69) is 5.32 Å². The normalized spacial score (nSPS) is 15.2. The van der Waals surface area contributed by atoms with Crippen LogP contribution in [0.15, 0.2) is 64.6 Å². The van der Waals surface area contributed by atoms with Crippen LogP contribution >= 0.6 is 0 Å². The van der Waals surface area contributed by atoms with Crippen molar-refractivity contribution in [3.05, 3.63) is 82.9 Å². The highest BCUT2D eigenvalue weighted by Gasteiger charge is 2.37. The van der Waals surface area contributed by atoms with E-state index in [1.54, 1.807) is 19.1 Å². The Kier molecular flexibility index (Phi) is 5.15. The number of anilines is 1. The van der Waals surface area contributed by atoms with Crippen LogP contribution in [-0.2, 0) is 9.59 Å². The van der Waals surface area contributed by atoms with Crippen molar-refractivity contribution in [3.63, 3.8) is 0 Å². The number of urea groups is 1. The van der Waals surface area contributed by atoms with Gasteiger partial charge in [-0.3, -0.25) is 14.9 Å². The molecule has 0 atom stereocenters. The average Bonchev–Trinajstić information content (AvgIpc) is 3.21. The molecule has 3 aromatic rings. The van der Waals surface area contributed by atoms with E-state index in [0.717, 1.165) is 22.6 Å². The molecule has 1 fully saturated rings. The van der Waals surface area contributed by atoms with E-state index in [1.807, 2.05) is 0 Å². The van der Waals surface area contributed by atoms with Gasteiger partial charge in [0.2, 0.25) is 0 Å². The fraction of sp³-hybridized carbons (Fsp3) is 0.0435. The molecule has 2 N–H and O–H groups in total. The van der Waals surface area contributed by atoms with Crippen molar-refractivity contribution < 1.29 is 33.1 Å². The Hall–Kier alpha value is -4.53. The topological polar surface area (TPSA) is 117 Å². The Morgan fingerprint density at radius 1 is 1.06 bits per heavy atom. The number of furan rings is 1. The number of imide groups is 2. The number of aryl methyl sites for hydroxylation is 1. The van der Waals surface area contributed by atoms with Crippen molar-refractivity contribution in [2.75, 3.05) is 4.90 Å². The second-order valence-corrected chi connectivity index (χ2v) is 6.97. The number of hydrogen-bond acceptors (Lipinski definition) is 5. The smallest absolute Gasteiger partial charge is 0.335 e. The number of nitrogens with one attached hydrogen (secondary N) is 1. The second-order valence-electron chi connectivity index (χ2n) is 6.97. The van der Waals surface area contributed by atoms with Crippen molar-refractivity contribution in [2.45, 2.75) is 6.92 Å². The molecule has 0 saturated carbocycles. The van der Waals surface area contributed by atoms with E-state index >= 15 is 0 Å². The number of carbonyl (C=O) groups excluding carboxylic acids is 3. The highest BCUT2D eigenvalue weighted by Crippen LogP contribution is 2.29. The number of benzene rings is 2. The summed E-state index contributed by atoms with van der Waals surface area (Å²) in [6, 6.07) is 11.4. The summed E-state index contributed by atoms with van der Waals surface area (Å²) in [5, 5.41) is 11.3. The Morgan fingerprint density at radius 2 is 1.78 bits per heavy atom. The minimum Gasteiger partial charge on any atom is -0.478 e. The van der Waals surface area contributed by atoms with Gasteiger partial charge in [0.05, 0.1) is 11.3 Å². The molecule has 1 saturated heterocycles. The molecule has 160 valence electrons. The Morgan fingerprint density at radius 3 is 2.47 bits per heavy atom. The number of nitrogens with zero attached hydrogens (tertiary/aromatic N) is 1. The molecular weight excluding hydrogens is 419 g/mol. The van der Waals surface area contributed by atoms with Crippen LogP contribution in [0.3, 0.4) is 0 Å². The molecule has 1 aliphatic heterocycles. The molecule has 0 unspecified atom stereocenters. The zero-order chi connectivity index (χ0) is 23.0. The van der Waals surface area contributed by atoms with Crippen molar-refractivity contribution >= 4 is 35.6 Å². The zero-order valence-electron chi connectivity index (χ0n) is 16.6. The molecule has 1 aromatic heterocycles. The highest BCUT2D eigenvalue weighted by molar-refractivity contribution is 6.39. The van der Waals surface area contributed by atoms with E-state index in [0.29, 0.717) is 11.3 Å². The Balaban J connectivity index is 1.69. The lowest BCUT2D eigenvalue weighted by molar-refractivity contribution is -0.122. The number of amides is 4. The van der Waals surface area contributed by atoms with Gasteiger partial charge in [-0.15, -0.1) is 0 Å². The molecular formula is C23H15FN2O6. The van der Waals surface area contributed by atoms with Gasteiger partial charge in [0.15, 0.2) is 0 Å². The second kappa shape index (κ2) is 7.95. The first-order valence-corrected chi connectivity index (χ1v) is 9.36. The lowest BCUT2D eigenvalue weighted by Crippen LogP contribution is -2.54. The SMILES string of the molecule is Cc1ccc(C(=O)O)cc1-c1ccc(/C=C2\C(=O)NC(=O)N(c3ccc(F)cc3)C2=O)o1. The van der Waals surface area contributed by atoms with E-state index in [1.165, 1.54) is 36.4 Å². The summed E-state index contributed by atoms with van der Waals surface area (Å²) < 4.78 is 18.9. The quantitative estimate of drug-likeness (QED) is 0.477. The number of carbonyl (C=O) groups is 4. The summed E-state index contributed by atoms with van der Waals surface area (Å²) in [5.74, 6) is -2.95. The summed E-state index contributed by atoms with van der Waals surface area (Å²) in [4.78, 5) is 49.3. The van der Waals surface area contributed by atoms with Crippen molar-refractivity contribution in [2.24, 2.45) is 0 Å². The Labute approximate surface area is 180 Å². The van der Waals surface area contributed by atoms with Gasteiger partial charge in [0.1, 0.15) is 22.9 Å². The number of hydrogen-bond donors (Lipinski definition) is 2. The highest BCUT2D eigenvalue weighted by atomic mass is 19.1. The van der Waals surface area contributed by atoms with Crippen molar-refractivity contribution in [1.29, 1.82) is 0 Å². The predicted molar refractivity (Wildman–Crippen MR) is 111 cm³/mol. The lowest BCUT2D eigenvalue weighted by Gasteiger charge is -2.26. The lowest BCUT2D eigenvalue weighted by atomic mass is 10.0. The van der Waals surface area contributed by atoms with Crippen molar-refractivity contribution in [1.82, 2.24) is 5.32 Å². The van der Waals surface area contributed by atoms with Crippen LogP contribution in [0, 0.1) is 12.7 Å². The van der Waals surface area contributed by atoms with Crippen LogP contribution in [0.25, 0.3) is 17.4 Å².